The molecule has 166 valence electrons. The number of unbranched alkanes of at least 4 members (excludes halogenated alkanes) is 1. The summed E-state index contributed by atoms with van der Waals surface area (Å²) >= 11 is 0. The van der Waals surface area contributed by atoms with Crippen molar-refractivity contribution in [1.29, 1.82) is 0 Å². The van der Waals surface area contributed by atoms with Gasteiger partial charge in [-0.1, -0.05) is 32.6 Å². The summed E-state index contributed by atoms with van der Waals surface area (Å²) in [6.07, 6.45) is 17.8. The third kappa shape index (κ3) is 7.74. The number of halogens is 1. The minimum atomic E-state index is 0. The fraction of sp³-hybridized carbons (Fsp3) is 0.818. The molecule has 6 nitrogen and oxygen atoms in total. The molecule has 2 fully saturated rings. The Morgan fingerprint density at radius 1 is 1.17 bits per heavy atom. The lowest BCUT2D eigenvalue weighted by Crippen LogP contribution is -2.49. The Morgan fingerprint density at radius 3 is 2.66 bits per heavy atom. The Balaban J connectivity index is 0.00000300. The van der Waals surface area contributed by atoms with E-state index in [4.69, 9.17) is 4.74 Å². The van der Waals surface area contributed by atoms with E-state index in [-0.39, 0.29) is 24.0 Å². The molecule has 0 spiro atoms. The fourth-order valence-corrected chi connectivity index (χ4v) is 4.51. The number of nitrogens with zero attached hydrogens (tertiary/aromatic N) is 4. The van der Waals surface area contributed by atoms with Crippen LogP contribution in [0.5, 0.6) is 0 Å². The van der Waals surface area contributed by atoms with Crippen LogP contribution in [-0.4, -0.2) is 59.8 Å². The molecule has 1 aromatic rings. The number of hydrogen-bond donors (Lipinski definition) is 1. The van der Waals surface area contributed by atoms with Crippen LogP contribution in [0, 0.1) is 5.92 Å². The Morgan fingerprint density at radius 2 is 1.97 bits per heavy atom. The normalized spacial score (nSPS) is 24.1. The molecule has 1 saturated heterocycles. The van der Waals surface area contributed by atoms with Gasteiger partial charge < -0.3 is 19.5 Å². The SMILES string of the molecule is CN=C(NCCCCOC1CCCCCC1)N1CCC(C)C(n2ccnc2)C1.I. The molecule has 1 saturated carbocycles. The summed E-state index contributed by atoms with van der Waals surface area (Å²) < 4.78 is 8.35. The zero-order valence-corrected chi connectivity index (χ0v) is 20.6. The molecule has 2 aliphatic rings. The first-order valence-electron chi connectivity index (χ1n) is 11.3. The molecular weight excluding hydrogens is 477 g/mol. The molecule has 1 aliphatic carbocycles. The summed E-state index contributed by atoms with van der Waals surface area (Å²) in [6, 6.07) is 0.461. The first-order chi connectivity index (χ1) is 13.8. The zero-order chi connectivity index (χ0) is 19.6. The van der Waals surface area contributed by atoms with Crippen molar-refractivity contribution < 1.29 is 4.74 Å². The molecule has 0 aromatic carbocycles. The highest BCUT2D eigenvalue weighted by Crippen LogP contribution is 2.27. The predicted octanol–water partition coefficient (Wildman–Crippen LogP) is 4.48. The van der Waals surface area contributed by atoms with E-state index in [9.17, 15) is 0 Å². The van der Waals surface area contributed by atoms with Crippen molar-refractivity contribution in [2.24, 2.45) is 10.9 Å². The third-order valence-electron chi connectivity index (χ3n) is 6.35. The van der Waals surface area contributed by atoms with Crippen molar-refractivity contribution in [2.45, 2.75) is 76.9 Å². The molecular formula is C22H40IN5O. The Kier molecular flexibility index (Phi) is 11.4. The molecule has 1 aliphatic heterocycles. The van der Waals surface area contributed by atoms with Gasteiger partial charge in [0.2, 0.25) is 0 Å². The Bertz CT molecular complexity index is 572. The summed E-state index contributed by atoms with van der Waals surface area (Å²) in [6.45, 7) is 6.25. The molecule has 1 N–H and O–H groups in total. The lowest BCUT2D eigenvalue weighted by molar-refractivity contribution is 0.0411. The van der Waals surface area contributed by atoms with E-state index in [2.05, 4.69) is 37.9 Å². The number of piperidine rings is 1. The molecule has 29 heavy (non-hydrogen) atoms. The molecule has 0 bridgehead atoms. The van der Waals surface area contributed by atoms with E-state index in [0.717, 1.165) is 45.0 Å². The van der Waals surface area contributed by atoms with E-state index in [0.29, 0.717) is 18.1 Å². The second-order valence-electron chi connectivity index (χ2n) is 8.45. The highest BCUT2D eigenvalue weighted by Gasteiger charge is 2.28. The van der Waals surface area contributed by atoms with Gasteiger partial charge in [-0.25, -0.2) is 4.98 Å². The number of nitrogens with one attached hydrogen (secondary N) is 1. The van der Waals surface area contributed by atoms with Crippen LogP contribution in [0.15, 0.2) is 23.7 Å². The number of imidazole rings is 1. The number of ether oxygens (including phenoxy) is 1. The van der Waals surface area contributed by atoms with Crippen molar-refractivity contribution in [3.8, 4) is 0 Å². The van der Waals surface area contributed by atoms with Gasteiger partial charge in [0.05, 0.1) is 18.5 Å². The fourth-order valence-electron chi connectivity index (χ4n) is 4.51. The molecule has 7 heteroatoms. The van der Waals surface area contributed by atoms with Crippen LogP contribution in [0.1, 0.15) is 70.8 Å². The Hall–Kier alpha value is -0.830. The highest BCUT2D eigenvalue weighted by molar-refractivity contribution is 14.0. The van der Waals surface area contributed by atoms with Gasteiger partial charge in [-0.05, 0) is 38.0 Å². The van der Waals surface area contributed by atoms with Crippen molar-refractivity contribution >= 4 is 29.9 Å². The molecule has 0 amide bonds. The minimum absolute atomic E-state index is 0. The maximum absolute atomic E-state index is 6.10. The molecule has 2 heterocycles. The second-order valence-corrected chi connectivity index (χ2v) is 8.45. The average molecular weight is 518 g/mol. The highest BCUT2D eigenvalue weighted by atomic mass is 127. The second kappa shape index (κ2) is 13.5. The first-order valence-corrected chi connectivity index (χ1v) is 11.3. The summed E-state index contributed by atoms with van der Waals surface area (Å²) in [4.78, 5) is 11.2. The van der Waals surface area contributed by atoms with Crippen LogP contribution in [0.25, 0.3) is 0 Å². The van der Waals surface area contributed by atoms with Crippen molar-refractivity contribution in [3.63, 3.8) is 0 Å². The van der Waals surface area contributed by atoms with Gasteiger partial charge in [0.25, 0.3) is 0 Å². The zero-order valence-electron chi connectivity index (χ0n) is 18.3. The summed E-state index contributed by atoms with van der Waals surface area (Å²) in [5, 5.41) is 3.56. The van der Waals surface area contributed by atoms with Crippen LogP contribution < -0.4 is 5.32 Å². The van der Waals surface area contributed by atoms with Gasteiger partial charge in [-0.2, -0.15) is 0 Å². The average Bonchev–Trinajstić information content (AvgIpc) is 3.12. The third-order valence-corrected chi connectivity index (χ3v) is 6.35. The molecule has 2 atom stereocenters. The maximum Gasteiger partial charge on any atom is 0.193 e. The summed E-state index contributed by atoms with van der Waals surface area (Å²) in [5.74, 6) is 1.69. The number of rotatable bonds is 7. The van der Waals surface area contributed by atoms with E-state index >= 15 is 0 Å². The number of aliphatic imine (C=N–C) groups is 1. The van der Waals surface area contributed by atoms with Gasteiger partial charge >= 0.3 is 0 Å². The van der Waals surface area contributed by atoms with Gasteiger partial charge in [0.15, 0.2) is 5.96 Å². The monoisotopic (exact) mass is 517 g/mol. The van der Waals surface area contributed by atoms with E-state index in [1.807, 2.05) is 19.6 Å². The number of hydrogen-bond acceptors (Lipinski definition) is 3. The summed E-state index contributed by atoms with van der Waals surface area (Å²) in [7, 11) is 1.89. The van der Waals surface area contributed by atoms with Crippen LogP contribution >= 0.6 is 24.0 Å². The number of aromatic nitrogens is 2. The predicted molar refractivity (Wildman–Crippen MR) is 130 cm³/mol. The van der Waals surface area contributed by atoms with Gasteiger partial charge in [0.1, 0.15) is 0 Å². The lowest BCUT2D eigenvalue weighted by atomic mass is 9.93. The number of guanidine groups is 1. The minimum Gasteiger partial charge on any atom is -0.378 e. The quantitative estimate of drug-likeness (QED) is 0.191. The van der Waals surface area contributed by atoms with E-state index in [1.165, 1.54) is 44.9 Å². The summed E-state index contributed by atoms with van der Waals surface area (Å²) in [5.41, 5.74) is 0. The van der Waals surface area contributed by atoms with Gasteiger partial charge in [-0.15, -0.1) is 24.0 Å². The van der Waals surface area contributed by atoms with E-state index in [1.54, 1.807) is 0 Å². The molecule has 1 aromatic heterocycles. The molecule has 3 rings (SSSR count). The molecule has 2 unspecified atom stereocenters. The van der Waals surface area contributed by atoms with Gasteiger partial charge in [-0.3, -0.25) is 4.99 Å². The first kappa shape index (κ1) is 24.4. The largest absolute Gasteiger partial charge is 0.378 e. The maximum atomic E-state index is 6.10. The standard InChI is InChI=1S/C22H39N5O.HI/c1-19-11-14-26(17-21(19)27-15-13-24-18-27)22(23-2)25-12-7-8-16-28-20-9-5-3-4-6-10-20;/h13,15,18-21H,3-12,14,16-17H2,1-2H3,(H,23,25);1H. The van der Waals surface area contributed by atoms with Crippen molar-refractivity contribution in [2.75, 3.05) is 33.3 Å². The molecule has 0 radical (unpaired) electrons. The smallest absolute Gasteiger partial charge is 0.193 e. The topological polar surface area (TPSA) is 54.7 Å². The van der Waals surface area contributed by atoms with Crippen LogP contribution in [0.4, 0.5) is 0 Å². The van der Waals surface area contributed by atoms with Crippen LogP contribution in [0.2, 0.25) is 0 Å². The van der Waals surface area contributed by atoms with Crippen LogP contribution in [0.3, 0.4) is 0 Å². The van der Waals surface area contributed by atoms with E-state index < -0.39 is 0 Å². The lowest BCUT2D eigenvalue weighted by Gasteiger charge is -2.39. The van der Waals surface area contributed by atoms with Crippen molar-refractivity contribution in [3.05, 3.63) is 18.7 Å². The number of likely N-dealkylation sites (tertiary alicyclic amines) is 1. The van der Waals surface area contributed by atoms with Crippen LogP contribution in [-0.2, 0) is 4.74 Å². The van der Waals surface area contributed by atoms with Gasteiger partial charge in [0, 0.05) is 45.7 Å². The van der Waals surface area contributed by atoms with Crippen molar-refractivity contribution in [1.82, 2.24) is 19.8 Å². The Labute approximate surface area is 193 Å².